The van der Waals surface area contributed by atoms with Gasteiger partial charge in [-0.3, -0.25) is 10.1 Å². The maximum atomic E-state index is 10.7. The van der Waals surface area contributed by atoms with Crippen LogP contribution in [0.3, 0.4) is 0 Å². The van der Waals surface area contributed by atoms with E-state index in [1.807, 2.05) is 6.07 Å². The molecule has 0 aliphatic carbocycles. The van der Waals surface area contributed by atoms with Gasteiger partial charge >= 0.3 is 0 Å². The molecule has 0 aromatic heterocycles. The van der Waals surface area contributed by atoms with Crippen LogP contribution in [0.1, 0.15) is 25.5 Å². The fraction of sp³-hybridized carbons (Fsp3) is 0.500. The summed E-state index contributed by atoms with van der Waals surface area (Å²) in [5, 5.41) is 10.7. The maximum Gasteiger partial charge on any atom is 0.269 e. The third kappa shape index (κ3) is 2.24. The average molecular weight is 235 g/mol. The van der Waals surface area contributed by atoms with Crippen molar-refractivity contribution < 1.29 is 4.92 Å². The van der Waals surface area contributed by atoms with Crippen molar-refractivity contribution in [1.82, 2.24) is 0 Å². The highest BCUT2D eigenvalue weighted by atomic mass is 16.6. The molecule has 0 fully saturated rings. The lowest BCUT2D eigenvalue weighted by Crippen LogP contribution is -2.28. The molecule has 0 saturated carbocycles. The summed E-state index contributed by atoms with van der Waals surface area (Å²) in [5.41, 5.74) is 8.06. The molecule has 92 valence electrons. The van der Waals surface area contributed by atoms with Crippen LogP contribution in [0.4, 0.5) is 11.4 Å². The molecule has 5 heteroatoms. The number of nitro groups is 1. The molecule has 0 radical (unpaired) electrons. The van der Waals surface area contributed by atoms with Crippen LogP contribution in [0.25, 0.3) is 0 Å². The summed E-state index contributed by atoms with van der Waals surface area (Å²) in [5.74, 6) is 0.545. The summed E-state index contributed by atoms with van der Waals surface area (Å²) in [7, 11) is 0. The van der Waals surface area contributed by atoms with Crippen LogP contribution in [-0.2, 0) is 0 Å². The van der Waals surface area contributed by atoms with Gasteiger partial charge in [-0.1, -0.05) is 13.8 Å². The molecule has 17 heavy (non-hydrogen) atoms. The summed E-state index contributed by atoms with van der Waals surface area (Å²) in [4.78, 5) is 12.5. The highest BCUT2D eigenvalue weighted by Gasteiger charge is 2.27. The number of fused-ring (bicyclic) bond motifs is 1. The number of hydrogen-bond acceptors (Lipinski definition) is 4. The van der Waals surface area contributed by atoms with E-state index in [1.165, 1.54) is 0 Å². The normalized spacial score (nSPS) is 18.6. The van der Waals surface area contributed by atoms with Crippen molar-refractivity contribution >= 4 is 11.4 Å². The third-order valence-electron chi connectivity index (χ3n) is 2.96. The van der Waals surface area contributed by atoms with Crippen LogP contribution in [0.15, 0.2) is 18.2 Å². The Bertz CT molecular complexity index is 445. The van der Waals surface area contributed by atoms with Gasteiger partial charge in [0.25, 0.3) is 5.69 Å². The lowest BCUT2D eigenvalue weighted by Gasteiger charge is -2.21. The molecule has 0 bridgehead atoms. The molecular formula is C12H17N3O2. The molecule has 0 saturated heterocycles. The number of nitrogens with zero attached hydrogens (tertiary/aromatic N) is 2. The van der Waals surface area contributed by atoms with Gasteiger partial charge in [-0.05, 0) is 12.0 Å². The van der Waals surface area contributed by atoms with Gasteiger partial charge in [-0.15, -0.1) is 0 Å². The average Bonchev–Trinajstić information content (AvgIpc) is 2.54. The van der Waals surface area contributed by atoms with E-state index in [-0.39, 0.29) is 16.7 Å². The van der Waals surface area contributed by atoms with Crippen LogP contribution in [0.2, 0.25) is 0 Å². The minimum absolute atomic E-state index is 0.116. The van der Waals surface area contributed by atoms with E-state index < -0.39 is 0 Å². The van der Waals surface area contributed by atoms with Crippen LogP contribution in [0, 0.1) is 16.0 Å². The molecule has 1 aliphatic rings. The number of hydrogen-bond donors (Lipinski definition) is 1. The zero-order valence-electron chi connectivity index (χ0n) is 10.1. The fourth-order valence-electron chi connectivity index (χ4n) is 2.29. The third-order valence-corrected chi connectivity index (χ3v) is 2.96. The molecule has 1 aliphatic heterocycles. The zero-order chi connectivity index (χ0) is 12.6. The number of nitro benzene ring substituents is 1. The van der Waals surface area contributed by atoms with Crippen LogP contribution >= 0.6 is 0 Å². The quantitative estimate of drug-likeness (QED) is 0.643. The number of non-ortho nitro benzene ring substituents is 1. The van der Waals surface area contributed by atoms with Crippen molar-refractivity contribution in [2.75, 3.05) is 18.0 Å². The minimum atomic E-state index is -0.377. The van der Waals surface area contributed by atoms with E-state index in [2.05, 4.69) is 18.7 Å². The molecule has 1 aromatic carbocycles. The maximum absolute atomic E-state index is 10.7. The van der Waals surface area contributed by atoms with Gasteiger partial charge in [0, 0.05) is 42.5 Å². The zero-order valence-corrected chi connectivity index (χ0v) is 10.1. The largest absolute Gasteiger partial charge is 0.369 e. The first-order valence-electron chi connectivity index (χ1n) is 5.78. The Morgan fingerprint density at radius 1 is 1.59 bits per heavy atom. The van der Waals surface area contributed by atoms with Gasteiger partial charge in [-0.25, -0.2) is 0 Å². The summed E-state index contributed by atoms with van der Waals surface area (Å²) in [6.45, 7) is 5.97. The Morgan fingerprint density at radius 2 is 2.29 bits per heavy atom. The second kappa shape index (κ2) is 4.33. The summed E-state index contributed by atoms with van der Waals surface area (Å²) < 4.78 is 0. The van der Waals surface area contributed by atoms with Crippen molar-refractivity contribution in [3.05, 3.63) is 33.9 Å². The molecule has 1 atom stereocenters. The van der Waals surface area contributed by atoms with Crippen molar-refractivity contribution in [3.63, 3.8) is 0 Å². The van der Waals surface area contributed by atoms with Gasteiger partial charge in [0.1, 0.15) is 0 Å². The number of benzene rings is 1. The van der Waals surface area contributed by atoms with E-state index >= 15 is 0 Å². The first kappa shape index (κ1) is 11.9. The number of nitrogens with two attached hydrogens (primary N) is 1. The molecule has 0 spiro atoms. The lowest BCUT2D eigenvalue weighted by atomic mass is 10.1. The fourth-order valence-corrected chi connectivity index (χ4v) is 2.29. The van der Waals surface area contributed by atoms with E-state index in [4.69, 9.17) is 5.73 Å². The van der Waals surface area contributed by atoms with Crippen molar-refractivity contribution in [2.45, 2.75) is 19.9 Å². The van der Waals surface area contributed by atoms with Gasteiger partial charge in [0.2, 0.25) is 0 Å². The molecule has 1 aromatic rings. The minimum Gasteiger partial charge on any atom is -0.369 e. The molecule has 5 nitrogen and oxygen atoms in total. The smallest absolute Gasteiger partial charge is 0.269 e. The number of rotatable bonds is 3. The van der Waals surface area contributed by atoms with Crippen molar-refractivity contribution in [1.29, 1.82) is 0 Å². The SMILES string of the molecule is CC(C)CN1CC(N)c2cc([N+](=O)[O-])ccc21. The monoisotopic (exact) mass is 235 g/mol. The first-order chi connectivity index (χ1) is 7.99. The second-order valence-corrected chi connectivity index (χ2v) is 4.91. The predicted octanol–water partition coefficient (Wildman–Crippen LogP) is 2.07. The van der Waals surface area contributed by atoms with Gasteiger partial charge in [0.05, 0.1) is 4.92 Å². The Hall–Kier alpha value is -1.62. The molecule has 1 heterocycles. The highest BCUT2D eigenvalue weighted by Crippen LogP contribution is 2.36. The molecule has 2 N–H and O–H groups in total. The molecule has 0 amide bonds. The van der Waals surface area contributed by atoms with E-state index in [9.17, 15) is 10.1 Å². The molecular weight excluding hydrogens is 218 g/mol. The van der Waals surface area contributed by atoms with Crippen LogP contribution < -0.4 is 10.6 Å². The molecule has 1 unspecified atom stereocenters. The van der Waals surface area contributed by atoms with Gasteiger partial charge < -0.3 is 10.6 Å². The van der Waals surface area contributed by atoms with Crippen LogP contribution in [-0.4, -0.2) is 18.0 Å². The number of anilines is 1. The Labute approximate surface area is 100 Å². The van der Waals surface area contributed by atoms with Gasteiger partial charge in [-0.2, -0.15) is 0 Å². The topological polar surface area (TPSA) is 72.4 Å². The van der Waals surface area contributed by atoms with E-state index in [0.29, 0.717) is 5.92 Å². The second-order valence-electron chi connectivity index (χ2n) is 4.91. The Morgan fingerprint density at radius 3 is 2.88 bits per heavy atom. The van der Waals surface area contributed by atoms with E-state index in [1.54, 1.807) is 12.1 Å². The predicted molar refractivity (Wildman–Crippen MR) is 67.1 cm³/mol. The van der Waals surface area contributed by atoms with Crippen molar-refractivity contribution in [3.8, 4) is 0 Å². The summed E-state index contributed by atoms with van der Waals surface area (Å²) >= 11 is 0. The van der Waals surface area contributed by atoms with Crippen LogP contribution in [0.5, 0.6) is 0 Å². The standard InChI is InChI=1S/C12H17N3O2/c1-8(2)6-14-7-11(13)10-5-9(15(16)17)3-4-12(10)14/h3-5,8,11H,6-7,13H2,1-2H3. The molecule has 2 rings (SSSR count). The first-order valence-corrected chi connectivity index (χ1v) is 5.78. The van der Waals surface area contributed by atoms with Gasteiger partial charge in [0.15, 0.2) is 0 Å². The Balaban J connectivity index is 2.33. The Kier molecular flexibility index (Phi) is 3.02. The summed E-state index contributed by atoms with van der Waals surface area (Å²) in [6, 6.07) is 4.83. The summed E-state index contributed by atoms with van der Waals surface area (Å²) in [6.07, 6.45) is 0. The van der Waals surface area contributed by atoms with E-state index in [0.717, 1.165) is 24.3 Å². The lowest BCUT2D eigenvalue weighted by molar-refractivity contribution is -0.384. The van der Waals surface area contributed by atoms with Crippen molar-refractivity contribution in [2.24, 2.45) is 11.7 Å². The highest BCUT2D eigenvalue weighted by molar-refractivity contribution is 5.63.